The van der Waals surface area contributed by atoms with Gasteiger partial charge in [0.25, 0.3) is 0 Å². The third kappa shape index (κ3) is 10.7. The van der Waals surface area contributed by atoms with Gasteiger partial charge >= 0.3 is 6.03 Å². The normalized spacial score (nSPS) is 17.4. The summed E-state index contributed by atoms with van der Waals surface area (Å²) in [6.45, 7) is 5.10. The number of carbonyl (C=O) groups excluding carboxylic acids is 2. The Balaban J connectivity index is 1.58. The van der Waals surface area contributed by atoms with Crippen molar-refractivity contribution in [2.75, 3.05) is 101 Å². The van der Waals surface area contributed by atoms with Crippen LogP contribution in [0, 0.1) is 0 Å². The highest BCUT2D eigenvalue weighted by atomic mass is 35.5. The number of halogens is 2. The summed E-state index contributed by atoms with van der Waals surface area (Å²) in [6, 6.07) is 15.6. The molecule has 0 unspecified atom stereocenters. The van der Waals surface area contributed by atoms with Gasteiger partial charge in [0.1, 0.15) is 35.0 Å². The lowest BCUT2D eigenvalue weighted by Gasteiger charge is -2.39. The molecule has 310 valence electrons. The zero-order valence-corrected chi connectivity index (χ0v) is 35.1. The molecule has 5 rings (SSSR count). The van der Waals surface area contributed by atoms with E-state index in [9.17, 15) is 13.2 Å². The van der Waals surface area contributed by atoms with Crippen molar-refractivity contribution in [3.63, 3.8) is 0 Å². The number of sulfonamides is 1. The first-order chi connectivity index (χ1) is 27.5. The second kappa shape index (κ2) is 20.6. The van der Waals surface area contributed by atoms with Gasteiger partial charge in [0, 0.05) is 76.7 Å². The van der Waals surface area contributed by atoms with E-state index < -0.39 is 22.1 Å². The first-order valence-corrected chi connectivity index (χ1v) is 20.7. The van der Waals surface area contributed by atoms with Crippen molar-refractivity contribution in [3.8, 4) is 11.5 Å². The summed E-state index contributed by atoms with van der Waals surface area (Å²) in [6.07, 6.45) is 0. The van der Waals surface area contributed by atoms with Crippen molar-refractivity contribution in [3.05, 3.63) is 87.4 Å². The molecular formula is C39H50Cl2N6O9S. The Morgan fingerprint density at radius 2 is 1.44 bits per heavy atom. The molecule has 0 saturated carbocycles. The van der Waals surface area contributed by atoms with Crippen LogP contribution in [-0.4, -0.2) is 147 Å². The van der Waals surface area contributed by atoms with E-state index in [0.717, 1.165) is 11.1 Å². The standard InChI is InChI=1S/C39H50Cl2N6O9S/c1-6-56-32-24-33(55-5)34(57(50,51)42-26-54-4)23-31(32)38-43-36(27-7-11-29(40)12-8-27)37(28-9-13-30(41)14-10-28)47(38)39(49)46-17-15-44(16-18-46)25-35(48)45(19-21-52-2)20-22-53-3/h7-14,23-24,36-37,42H,6,15-22,25-26H2,1-5H3/t36-,37+/m0/s1. The van der Waals surface area contributed by atoms with Crippen LogP contribution in [0.15, 0.2) is 70.6 Å². The van der Waals surface area contributed by atoms with Gasteiger partial charge in [-0.2, -0.15) is 4.72 Å². The summed E-state index contributed by atoms with van der Waals surface area (Å²) in [5.74, 6) is 0.427. The van der Waals surface area contributed by atoms with Crippen LogP contribution in [0.3, 0.4) is 0 Å². The van der Waals surface area contributed by atoms with Crippen LogP contribution in [0.5, 0.6) is 11.5 Å². The van der Waals surface area contributed by atoms with Crippen LogP contribution in [0.25, 0.3) is 0 Å². The molecule has 15 nitrogen and oxygen atoms in total. The third-order valence-electron chi connectivity index (χ3n) is 9.67. The number of rotatable bonds is 18. The highest BCUT2D eigenvalue weighted by Gasteiger charge is 2.45. The number of nitrogens with zero attached hydrogens (tertiary/aromatic N) is 5. The zero-order chi connectivity index (χ0) is 41.1. The Morgan fingerprint density at radius 1 is 0.842 bits per heavy atom. The average molecular weight is 850 g/mol. The van der Waals surface area contributed by atoms with E-state index in [0.29, 0.717) is 62.5 Å². The molecule has 2 aliphatic heterocycles. The Morgan fingerprint density at radius 3 is 1.98 bits per heavy atom. The molecule has 0 aromatic heterocycles. The SMILES string of the molecule is CCOc1cc(OC)c(S(=O)(=O)NCOC)cc1C1=N[C@@H](c2ccc(Cl)cc2)[C@@H](c2ccc(Cl)cc2)N1C(=O)N1CCN(CC(=O)N(CCOC)CCOC)CC1. The van der Waals surface area contributed by atoms with Crippen molar-refractivity contribution in [1.82, 2.24) is 24.3 Å². The number of amidine groups is 1. The van der Waals surface area contributed by atoms with Crippen molar-refractivity contribution < 1.29 is 41.7 Å². The fourth-order valence-electron chi connectivity index (χ4n) is 6.73. The van der Waals surface area contributed by atoms with Crippen LogP contribution >= 0.6 is 23.2 Å². The summed E-state index contributed by atoms with van der Waals surface area (Å²) in [5.41, 5.74) is 1.77. The molecule has 2 heterocycles. The number of ether oxygens (including phenoxy) is 5. The Hall–Kier alpha value is -4.00. The van der Waals surface area contributed by atoms with Crippen molar-refractivity contribution in [2.24, 2.45) is 4.99 Å². The predicted molar refractivity (Wildman–Crippen MR) is 217 cm³/mol. The molecule has 0 aliphatic carbocycles. The number of carbonyl (C=O) groups is 2. The van der Waals surface area contributed by atoms with Crippen molar-refractivity contribution in [1.29, 1.82) is 0 Å². The predicted octanol–water partition coefficient (Wildman–Crippen LogP) is 4.69. The van der Waals surface area contributed by atoms with E-state index in [1.54, 1.807) is 60.1 Å². The van der Waals surface area contributed by atoms with Gasteiger partial charge in [-0.25, -0.2) is 13.2 Å². The Kier molecular flexibility index (Phi) is 16.0. The maximum absolute atomic E-state index is 15.1. The highest BCUT2D eigenvalue weighted by molar-refractivity contribution is 7.89. The van der Waals surface area contributed by atoms with Crippen LogP contribution < -0.4 is 14.2 Å². The number of nitrogens with one attached hydrogen (secondary N) is 1. The molecule has 18 heteroatoms. The van der Waals surface area contributed by atoms with Crippen LogP contribution in [0.4, 0.5) is 4.79 Å². The van der Waals surface area contributed by atoms with E-state index >= 15 is 4.79 Å². The molecule has 3 aromatic carbocycles. The monoisotopic (exact) mass is 848 g/mol. The Bertz CT molecular complexity index is 1960. The van der Waals surface area contributed by atoms with Crippen LogP contribution in [0.1, 0.15) is 35.7 Å². The summed E-state index contributed by atoms with van der Waals surface area (Å²) in [5, 5.41) is 1.04. The van der Waals surface area contributed by atoms with E-state index in [4.69, 9.17) is 51.9 Å². The van der Waals surface area contributed by atoms with Crippen molar-refractivity contribution in [2.45, 2.75) is 23.9 Å². The fourth-order valence-corrected chi connectivity index (χ4v) is 8.09. The number of urea groups is 1. The summed E-state index contributed by atoms with van der Waals surface area (Å²) >= 11 is 12.7. The van der Waals surface area contributed by atoms with Gasteiger partial charge in [-0.3, -0.25) is 19.6 Å². The quantitative estimate of drug-likeness (QED) is 0.179. The molecule has 0 spiro atoms. The van der Waals surface area contributed by atoms with Gasteiger partial charge in [0.2, 0.25) is 15.9 Å². The van der Waals surface area contributed by atoms with E-state index in [1.165, 1.54) is 26.4 Å². The molecule has 2 aliphatic rings. The minimum Gasteiger partial charge on any atom is -0.495 e. The Labute approximate surface area is 344 Å². The van der Waals surface area contributed by atoms with Gasteiger partial charge in [0.05, 0.1) is 45.1 Å². The maximum Gasteiger partial charge on any atom is 0.326 e. The van der Waals surface area contributed by atoms with Gasteiger partial charge < -0.3 is 33.5 Å². The number of hydrogen-bond donors (Lipinski definition) is 1. The molecule has 3 aromatic rings. The first-order valence-electron chi connectivity index (χ1n) is 18.4. The van der Waals surface area contributed by atoms with Crippen LogP contribution in [-0.2, 0) is 29.0 Å². The van der Waals surface area contributed by atoms with Crippen molar-refractivity contribution >= 4 is 51.0 Å². The summed E-state index contributed by atoms with van der Waals surface area (Å²) < 4.78 is 56.8. The van der Waals surface area contributed by atoms with Crippen LogP contribution in [0.2, 0.25) is 10.0 Å². The largest absolute Gasteiger partial charge is 0.495 e. The molecule has 3 amide bonds. The molecule has 1 N–H and O–H groups in total. The number of piperazine rings is 1. The molecular weight excluding hydrogens is 799 g/mol. The molecule has 0 bridgehead atoms. The number of amides is 3. The van der Waals surface area contributed by atoms with E-state index in [-0.39, 0.29) is 59.6 Å². The van der Waals surface area contributed by atoms with E-state index in [1.807, 2.05) is 29.2 Å². The second-order valence-corrected chi connectivity index (χ2v) is 15.8. The van der Waals surface area contributed by atoms with Gasteiger partial charge in [-0.15, -0.1) is 0 Å². The molecule has 1 saturated heterocycles. The highest BCUT2D eigenvalue weighted by Crippen LogP contribution is 2.46. The fraction of sp³-hybridized carbons (Fsp3) is 0.462. The third-order valence-corrected chi connectivity index (χ3v) is 11.6. The first kappa shape index (κ1) is 44.1. The van der Waals surface area contributed by atoms with Gasteiger partial charge in [-0.1, -0.05) is 47.5 Å². The zero-order valence-electron chi connectivity index (χ0n) is 32.8. The molecule has 1 fully saturated rings. The average Bonchev–Trinajstić information content (AvgIpc) is 3.60. The minimum atomic E-state index is -4.19. The lowest BCUT2D eigenvalue weighted by Crippen LogP contribution is -2.55. The minimum absolute atomic E-state index is 0.0273. The number of hydrogen-bond acceptors (Lipinski definition) is 11. The van der Waals surface area contributed by atoms with Gasteiger partial charge in [0.15, 0.2) is 0 Å². The number of aliphatic imine (C=N–C) groups is 1. The lowest BCUT2D eigenvalue weighted by atomic mass is 9.93. The van der Waals surface area contributed by atoms with E-state index in [2.05, 4.69) is 4.72 Å². The molecule has 57 heavy (non-hydrogen) atoms. The molecule has 0 radical (unpaired) electrons. The number of benzene rings is 3. The summed E-state index contributed by atoms with van der Waals surface area (Å²) in [4.78, 5) is 40.6. The smallest absolute Gasteiger partial charge is 0.326 e. The van der Waals surface area contributed by atoms with Gasteiger partial charge in [-0.05, 0) is 48.4 Å². The second-order valence-electron chi connectivity index (χ2n) is 13.2. The lowest BCUT2D eigenvalue weighted by molar-refractivity contribution is -0.134. The maximum atomic E-state index is 15.1. The summed E-state index contributed by atoms with van der Waals surface area (Å²) in [7, 11) is 1.73. The topological polar surface area (TPSA) is 152 Å². The molecule has 2 atom stereocenters. The number of methoxy groups -OCH3 is 4.